The minimum absolute atomic E-state index is 0.208. The van der Waals surface area contributed by atoms with Crippen LogP contribution in [0.1, 0.15) is 5.56 Å². The van der Waals surface area contributed by atoms with Crippen LogP contribution in [0, 0.1) is 0 Å². The Morgan fingerprint density at radius 2 is 2.13 bits per heavy atom. The number of hydrogen-bond acceptors (Lipinski definition) is 8. The van der Waals surface area contributed by atoms with Gasteiger partial charge < -0.3 is 10.6 Å². The summed E-state index contributed by atoms with van der Waals surface area (Å²) in [6.07, 6.45) is 1.64. The normalized spacial score (nSPS) is 11.7. The van der Waals surface area contributed by atoms with E-state index < -0.39 is 10.1 Å². The zero-order valence-corrected chi connectivity index (χ0v) is 14.0. The molecule has 1 heterocycles. The molecule has 0 spiro atoms. The van der Waals surface area contributed by atoms with Crippen molar-refractivity contribution in [3.8, 4) is 0 Å². The number of nitrogens with two attached hydrogens (primary N) is 1. The number of nitrogens with one attached hydrogen (secondary N) is 1. The predicted molar refractivity (Wildman–Crippen MR) is 93.9 cm³/mol. The second kappa shape index (κ2) is 7.40. The van der Waals surface area contributed by atoms with Gasteiger partial charge >= 0.3 is 0 Å². The number of hydrogen-bond donors (Lipinski definition) is 3. The largest absolute Gasteiger partial charge is 0.383 e. The lowest BCUT2D eigenvalue weighted by Gasteiger charge is -2.18. The van der Waals surface area contributed by atoms with Gasteiger partial charge in [0.2, 0.25) is 5.13 Å². The Kier molecular flexibility index (Phi) is 5.53. The van der Waals surface area contributed by atoms with Crippen LogP contribution in [0.2, 0.25) is 0 Å². The smallest absolute Gasteiger partial charge is 0.266 e. The van der Waals surface area contributed by atoms with Crippen LogP contribution in [0.15, 0.2) is 34.7 Å². The molecule has 1 aromatic carbocycles. The van der Waals surface area contributed by atoms with Gasteiger partial charge in [0, 0.05) is 24.7 Å². The van der Waals surface area contributed by atoms with Crippen molar-refractivity contribution in [1.29, 1.82) is 0 Å². The summed E-state index contributed by atoms with van der Waals surface area (Å²) in [5.74, 6) is 0.137. The summed E-state index contributed by atoms with van der Waals surface area (Å²) in [5, 5.41) is 6.39. The molecular formula is C13H17N5O3S2. The average molecular weight is 355 g/mol. The lowest BCUT2D eigenvalue weighted by molar-refractivity contribution is 0.483. The molecule has 124 valence electrons. The lowest BCUT2D eigenvalue weighted by atomic mass is 10.2. The SMILES string of the molecule is CN(CCS(=O)(=O)O)c1ccc(C=NNc2nc(N)cs2)cc1. The summed E-state index contributed by atoms with van der Waals surface area (Å²) in [4.78, 5) is 5.76. The molecule has 0 atom stereocenters. The van der Waals surface area contributed by atoms with Gasteiger partial charge in [0.25, 0.3) is 10.1 Å². The molecule has 0 fully saturated rings. The average Bonchev–Trinajstić information content (AvgIpc) is 2.90. The maximum Gasteiger partial charge on any atom is 0.266 e. The van der Waals surface area contributed by atoms with Crippen molar-refractivity contribution in [3.05, 3.63) is 35.2 Å². The molecule has 0 radical (unpaired) electrons. The van der Waals surface area contributed by atoms with E-state index in [0.717, 1.165) is 11.3 Å². The fourth-order valence-corrected chi connectivity index (χ4v) is 2.75. The summed E-state index contributed by atoms with van der Waals surface area (Å²) >= 11 is 1.36. The molecule has 0 bridgehead atoms. The van der Waals surface area contributed by atoms with E-state index in [4.69, 9.17) is 10.3 Å². The van der Waals surface area contributed by atoms with E-state index in [-0.39, 0.29) is 12.3 Å². The van der Waals surface area contributed by atoms with Gasteiger partial charge in [0.15, 0.2) is 0 Å². The number of anilines is 3. The van der Waals surface area contributed by atoms with Crippen LogP contribution in [-0.4, -0.2) is 43.5 Å². The molecule has 0 aliphatic heterocycles. The Labute approximate surface area is 138 Å². The summed E-state index contributed by atoms with van der Waals surface area (Å²) in [6.45, 7) is 0.208. The maximum absolute atomic E-state index is 10.8. The van der Waals surface area contributed by atoms with E-state index in [1.807, 2.05) is 24.3 Å². The van der Waals surface area contributed by atoms with Crippen LogP contribution >= 0.6 is 11.3 Å². The zero-order chi connectivity index (χ0) is 16.9. The van der Waals surface area contributed by atoms with E-state index in [1.54, 1.807) is 23.5 Å². The number of nitrogens with zero attached hydrogens (tertiary/aromatic N) is 3. The fourth-order valence-electron chi connectivity index (χ4n) is 1.70. The van der Waals surface area contributed by atoms with Crippen LogP contribution in [0.4, 0.5) is 16.6 Å². The van der Waals surface area contributed by atoms with Gasteiger partial charge in [0.1, 0.15) is 5.82 Å². The molecule has 0 amide bonds. The first-order valence-electron chi connectivity index (χ1n) is 6.60. The third-order valence-electron chi connectivity index (χ3n) is 2.91. The predicted octanol–water partition coefficient (Wildman–Crippen LogP) is 1.50. The lowest BCUT2D eigenvalue weighted by Crippen LogP contribution is -2.24. The van der Waals surface area contributed by atoms with Crippen LogP contribution in [0.25, 0.3) is 0 Å². The summed E-state index contributed by atoms with van der Waals surface area (Å²) in [6, 6.07) is 7.38. The van der Waals surface area contributed by atoms with Gasteiger partial charge in [-0.2, -0.15) is 13.5 Å². The molecule has 10 heteroatoms. The first-order valence-corrected chi connectivity index (χ1v) is 9.09. The topological polar surface area (TPSA) is 121 Å². The second-order valence-electron chi connectivity index (χ2n) is 4.75. The van der Waals surface area contributed by atoms with Gasteiger partial charge in [-0.25, -0.2) is 4.98 Å². The molecule has 2 rings (SSSR count). The Hall–Kier alpha value is -2.17. The molecule has 0 aliphatic rings. The van der Waals surface area contributed by atoms with Crippen molar-refractivity contribution < 1.29 is 13.0 Å². The molecule has 1 aromatic heterocycles. The summed E-state index contributed by atoms with van der Waals surface area (Å²) in [5.41, 5.74) is 10.00. The second-order valence-corrected chi connectivity index (χ2v) is 7.18. The molecule has 0 saturated carbocycles. The number of aromatic nitrogens is 1. The van der Waals surface area contributed by atoms with Gasteiger partial charge in [0.05, 0.1) is 12.0 Å². The molecule has 0 aliphatic carbocycles. The highest BCUT2D eigenvalue weighted by Gasteiger charge is 2.07. The summed E-state index contributed by atoms with van der Waals surface area (Å²) < 4.78 is 30.3. The minimum Gasteiger partial charge on any atom is -0.383 e. The van der Waals surface area contributed by atoms with Crippen molar-refractivity contribution in [3.63, 3.8) is 0 Å². The van der Waals surface area contributed by atoms with Crippen molar-refractivity contribution in [1.82, 2.24) is 4.98 Å². The minimum atomic E-state index is -3.96. The van der Waals surface area contributed by atoms with Crippen molar-refractivity contribution in [2.24, 2.45) is 5.10 Å². The van der Waals surface area contributed by atoms with Gasteiger partial charge in [-0.05, 0) is 17.7 Å². The highest BCUT2D eigenvalue weighted by Crippen LogP contribution is 2.16. The number of rotatable bonds is 7. The third kappa shape index (κ3) is 5.85. The van der Waals surface area contributed by atoms with Crippen LogP contribution < -0.4 is 16.1 Å². The van der Waals surface area contributed by atoms with Crippen molar-refractivity contribution >= 4 is 44.3 Å². The van der Waals surface area contributed by atoms with E-state index in [9.17, 15) is 8.42 Å². The number of nitrogen functional groups attached to an aromatic ring is 1. The molecule has 0 saturated heterocycles. The Morgan fingerprint density at radius 1 is 1.43 bits per heavy atom. The number of benzene rings is 1. The Bertz CT molecular complexity index is 771. The monoisotopic (exact) mass is 355 g/mol. The maximum atomic E-state index is 10.8. The molecule has 8 nitrogen and oxygen atoms in total. The summed E-state index contributed by atoms with van der Waals surface area (Å²) in [7, 11) is -2.20. The van der Waals surface area contributed by atoms with E-state index in [2.05, 4.69) is 15.5 Å². The van der Waals surface area contributed by atoms with Crippen LogP contribution in [-0.2, 0) is 10.1 Å². The van der Waals surface area contributed by atoms with E-state index >= 15 is 0 Å². The third-order valence-corrected chi connectivity index (χ3v) is 4.38. The number of thiazole rings is 1. The molecule has 0 unspecified atom stereocenters. The van der Waals surface area contributed by atoms with Crippen LogP contribution in [0.5, 0.6) is 0 Å². The highest BCUT2D eigenvalue weighted by molar-refractivity contribution is 7.85. The molecule has 2 aromatic rings. The van der Waals surface area contributed by atoms with Crippen molar-refractivity contribution in [2.45, 2.75) is 0 Å². The zero-order valence-electron chi connectivity index (χ0n) is 12.4. The van der Waals surface area contributed by atoms with Gasteiger partial charge in [-0.3, -0.25) is 9.98 Å². The first kappa shape index (κ1) is 17.2. The van der Waals surface area contributed by atoms with E-state index in [0.29, 0.717) is 10.9 Å². The molecule has 4 N–H and O–H groups in total. The van der Waals surface area contributed by atoms with Crippen molar-refractivity contribution in [2.75, 3.05) is 35.4 Å². The quantitative estimate of drug-likeness (QED) is 0.391. The standard InChI is InChI=1S/C13H17N5O3S2/c1-18(6-7-23(19,20)21)11-4-2-10(3-5-11)8-15-17-13-16-12(14)9-22-13/h2-5,8-9H,6-7,14H2,1H3,(H,16,17)(H,19,20,21). The highest BCUT2D eigenvalue weighted by atomic mass is 32.2. The van der Waals surface area contributed by atoms with E-state index in [1.165, 1.54) is 11.3 Å². The van der Waals surface area contributed by atoms with Gasteiger partial charge in [-0.1, -0.05) is 12.1 Å². The Morgan fingerprint density at radius 3 is 2.70 bits per heavy atom. The van der Waals surface area contributed by atoms with Crippen LogP contribution in [0.3, 0.4) is 0 Å². The fraction of sp³-hybridized carbons (Fsp3) is 0.231. The number of hydrazone groups is 1. The first-order chi connectivity index (χ1) is 10.8. The molecular weight excluding hydrogens is 338 g/mol. The van der Waals surface area contributed by atoms with Gasteiger partial charge in [-0.15, -0.1) is 11.3 Å². The molecule has 23 heavy (non-hydrogen) atoms. The Balaban J connectivity index is 1.91.